The monoisotopic (exact) mass is 283 g/mol. The van der Waals surface area contributed by atoms with Gasteiger partial charge in [-0.3, -0.25) is 4.79 Å². The number of halogens is 3. The van der Waals surface area contributed by atoms with Gasteiger partial charge in [0.15, 0.2) is 5.03 Å². The molecular weight excluding hydrogens is 275 g/mol. The van der Waals surface area contributed by atoms with Crippen LogP contribution in [0.4, 0.5) is 13.2 Å². The predicted molar refractivity (Wildman–Crippen MR) is 54.0 cm³/mol. The molecule has 10 heteroatoms. The van der Waals surface area contributed by atoms with Crippen LogP contribution in [0.15, 0.2) is 23.4 Å². The van der Waals surface area contributed by atoms with Crippen LogP contribution in [0.5, 0.6) is 0 Å². The lowest BCUT2D eigenvalue weighted by atomic mass is 10.2. The maximum atomic E-state index is 11.9. The topological polar surface area (TPSA) is 102 Å². The molecule has 0 aromatic carbocycles. The first-order valence-corrected chi connectivity index (χ1v) is 5.98. The molecule has 18 heavy (non-hydrogen) atoms. The van der Waals surface area contributed by atoms with Crippen LogP contribution in [0.3, 0.4) is 0 Å². The molecule has 0 saturated carbocycles. The van der Waals surface area contributed by atoms with Crippen LogP contribution in [0.2, 0.25) is 0 Å². The van der Waals surface area contributed by atoms with Crippen LogP contribution in [-0.4, -0.2) is 32.0 Å². The van der Waals surface area contributed by atoms with Crippen LogP contribution in [0.1, 0.15) is 10.4 Å². The van der Waals surface area contributed by atoms with E-state index in [-0.39, 0.29) is 0 Å². The number of rotatable bonds is 3. The molecule has 0 bridgehead atoms. The number of hydrogen-bond acceptors (Lipinski definition) is 4. The van der Waals surface area contributed by atoms with Gasteiger partial charge in [-0.25, -0.2) is 18.5 Å². The third-order valence-electron chi connectivity index (χ3n) is 1.73. The molecule has 1 aromatic heterocycles. The molecule has 100 valence electrons. The van der Waals surface area contributed by atoms with Gasteiger partial charge in [-0.1, -0.05) is 0 Å². The second kappa shape index (κ2) is 4.90. The number of carbonyl (C=O) groups excluding carboxylic acids is 1. The Kier molecular flexibility index (Phi) is 3.92. The molecule has 1 amide bonds. The zero-order valence-electron chi connectivity index (χ0n) is 8.73. The maximum absolute atomic E-state index is 11.9. The lowest BCUT2D eigenvalue weighted by Gasteiger charge is -2.09. The van der Waals surface area contributed by atoms with Crippen LogP contribution in [-0.2, 0) is 10.0 Å². The number of nitrogens with zero attached hydrogens (tertiary/aromatic N) is 1. The quantitative estimate of drug-likeness (QED) is 0.816. The van der Waals surface area contributed by atoms with Crippen molar-refractivity contribution in [1.29, 1.82) is 0 Å². The lowest BCUT2D eigenvalue weighted by molar-refractivity contribution is -0.123. The Morgan fingerprint density at radius 2 is 2.06 bits per heavy atom. The number of aromatic nitrogens is 1. The fraction of sp³-hybridized carbons (Fsp3) is 0.250. The van der Waals surface area contributed by atoms with Crippen LogP contribution in [0, 0.1) is 0 Å². The van der Waals surface area contributed by atoms with E-state index in [1.54, 1.807) is 0 Å². The minimum absolute atomic E-state index is 0.538. The summed E-state index contributed by atoms with van der Waals surface area (Å²) in [4.78, 5) is 14.7. The Morgan fingerprint density at radius 3 is 2.56 bits per heavy atom. The molecule has 0 aliphatic carbocycles. The van der Waals surface area contributed by atoms with Crippen molar-refractivity contribution in [2.24, 2.45) is 5.14 Å². The van der Waals surface area contributed by atoms with E-state index in [0.29, 0.717) is 0 Å². The second-order valence-electron chi connectivity index (χ2n) is 3.20. The van der Waals surface area contributed by atoms with Crippen molar-refractivity contribution < 1.29 is 26.4 Å². The zero-order chi connectivity index (χ0) is 14.0. The zero-order valence-corrected chi connectivity index (χ0v) is 9.55. The Hall–Kier alpha value is -1.68. The molecular formula is C8H8F3N3O3S. The van der Waals surface area contributed by atoms with Crippen molar-refractivity contribution in [1.82, 2.24) is 10.3 Å². The molecule has 0 unspecified atom stereocenters. The highest BCUT2D eigenvalue weighted by Gasteiger charge is 2.29. The number of primary sulfonamides is 1. The number of sulfonamides is 1. The average Bonchev–Trinajstić information content (AvgIpc) is 2.24. The molecule has 6 nitrogen and oxygen atoms in total. The molecule has 0 atom stereocenters. The third kappa shape index (κ3) is 3.96. The molecule has 0 aliphatic rings. The summed E-state index contributed by atoms with van der Waals surface area (Å²) in [7, 11) is -4.29. The van der Waals surface area contributed by atoms with E-state index in [0.717, 1.165) is 12.3 Å². The minimum Gasteiger partial charge on any atom is -0.343 e. The maximum Gasteiger partial charge on any atom is 0.405 e. The van der Waals surface area contributed by atoms with Gasteiger partial charge in [0, 0.05) is 6.20 Å². The first-order valence-electron chi connectivity index (χ1n) is 4.44. The van der Waals surface area contributed by atoms with E-state index >= 15 is 0 Å². The van der Waals surface area contributed by atoms with Gasteiger partial charge in [0.2, 0.25) is 0 Å². The SMILES string of the molecule is NS(=O)(=O)c1ncccc1C(=O)NCC(F)(F)F. The Labute approximate surface area is 100 Å². The van der Waals surface area contributed by atoms with Gasteiger partial charge in [-0.05, 0) is 12.1 Å². The summed E-state index contributed by atoms with van der Waals surface area (Å²) in [6.45, 7) is -1.58. The van der Waals surface area contributed by atoms with Gasteiger partial charge < -0.3 is 5.32 Å². The van der Waals surface area contributed by atoms with Gasteiger partial charge in [0.1, 0.15) is 6.54 Å². The molecule has 1 aromatic rings. The largest absolute Gasteiger partial charge is 0.405 e. The van der Waals surface area contributed by atoms with Crippen LogP contribution >= 0.6 is 0 Å². The highest BCUT2D eigenvalue weighted by molar-refractivity contribution is 7.89. The number of hydrogen-bond donors (Lipinski definition) is 2. The summed E-state index contributed by atoms with van der Waals surface area (Å²) < 4.78 is 57.8. The lowest BCUT2D eigenvalue weighted by Crippen LogP contribution is -2.35. The Bertz CT molecular complexity index is 556. The summed E-state index contributed by atoms with van der Waals surface area (Å²) in [5, 5.41) is 5.54. The number of alkyl halides is 3. The van der Waals surface area contributed by atoms with E-state index in [4.69, 9.17) is 5.14 Å². The average molecular weight is 283 g/mol. The van der Waals surface area contributed by atoms with Crippen molar-refractivity contribution in [3.63, 3.8) is 0 Å². The molecule has 0 spiro atoms. The number of nitrogens with one attached hydrogen (secondary N) is 1. The van der Waals surface area contributed by atoms with Gasteiger partial charge in [-0.2, -0.15) is 13.2 Å². The van der Waals surface area contributed by atoms with E-state index in [1.807, 2.05) is 0 Å². The van der Waals surface area contributed by atoms with Gasteiger partial charge in [0.05, 0.1) is 5.56 Å². The number of carbonyl (C=O) groups is 1. The highest BCUT2D eigenvalue weighted by Crippen LogP contribution is 2.14. The molecule has 0 fully saturated rings. The van der Waals surface area contributed by atoms with Crippen molar-refractivity contribution in [3.8, 4) is 0 Å². The van der Waals surface area contributed by atoms with E-state index in [9.17, 15) is 26.4 Å². The molecule has 0 saturated heterocycles. The number of nitrogens with two attached hydrogens (primary N) is 1. The van der Waals surface area contributed by atoms with E-state index in [1.165, 1.54) is 11.4 Å². The van der Waals surface area contributed by atoms with Gasteiger partial charge in [-0.15, -0.1) is 0 Å². The van der Waals surface area contributed by atoms with Gasteiger partial charge >= 0.3 is 6.18 Å². The minimum atomic E-state index is -4.60. The highest BCUT2D eigenvalue weighted by atomic mass is 32.2. The van der Waals surface area contributed by atoms with Crippen LogP contribution < -0.4 is 10.5 Å². The summed E-state index contributed by atoms with van der Waals surface area (Å²) in [5.74, 6) is -1.22. The molecule has 1 rings (SSSR count). The third-order valence-corrected chi connectivity index (χ3v) is 2.60. The summed E-state index contributed by atoms with van der Waals surface area (Å²) in [5.41, 5.74) is -0.538. The smallest absolute Gasteiger partial charge is 0.343 e. The fourth-order valence-electron chi connectivity index (χ4n) is 1.07. The standard InChI is InChI=1S/C8H8F3N3O3S/c9-8(10,11)4-14-6(15)5-2-1-3-13-7(5)18(12,16)17/h1-3H,4H2,(H,14,15)(H2,12,16,17). The van der Waals surface area contributed by atoms with Crippen molar-refractivity contribution in [2.75, 3.05) is 6.54 Å². The fourth-order valence-corrected chi connectivity index (χ4v) is 1.74. The normalized spacial score (nSPS) is 12.2. The summed E-state index contributed by atoms with van der Waals surface area (Å²) >= 11 is 0. The van der Waals surface area contributed by atoms with Crippen molar-refractivity contribution >= 4 is 15.9 Å². The van der Waals surface area contributed by atoms with E-state index < -0.39 is 39.2 Å². The second-order valence-corrected chi connectivity index (χ2v) is 4.68. The molecule has 3 N–H and O–H groups in total. The summed E-state index contributed by atoms with van der Waals surface area (Å²) in [6, 6.07) is 2.22. The first-order chi connectivity index (χ1) is 8.11. The van der Waals surface area contributed by atoms with Crippen molar-refractivity contribution in [2.45, 2.75) is 11.2 Å². The van der Waals surface area contributed by atoms with Crippen molar-refractivity contribution in [3.05, 3.63) is 23.9 Å². The molecule has 1 heterocycles. The summed E-state index contributed by atoms with van der Waals surface area (Å²) in [6.07, 6.45) is -3.54. The number of pyridine rings is 1. The number of amides is 1. The van der Waals surface area contributed by atoms with Crippen LogP contribution in [0.25, 0.3) is 0 Å². The molecule has 0 radical (unpaired) electrons. The predicted octanol–water partition coefficient (Wildman–Crippen LogP) is 0.0211. The van der Waals surface area contributed by atoms with Gasteiger partial charge in [0.25, 0.3) is 15.9 Å². The molecule has 0 aliphatic heterocycles. The Morgan fingerprint density at radius 1 is 1.44 bits per heavy atom. The first kappa shape index (κ1) is 14.4. The Balaban J connectivity index is 3.01. The van der Waals surface area contributed by atoms with E-state index in [2.05, 4.69) is 4.98 Å².